The molecule has 1 saturated heterocycles. The molecule has 1 atom stereocenters. The smallest absolute Gasteiger partial charge is 0.238 e. The van der Waals surface area contributed by atoms with Crippen molar-refractivity contribution in [1.29, 1.82) is 0 Å². The molecule has 0 spiro atoms. The first-order valence-corrected chi connectivity index (χ1v) is 10.6. The van der Waals surface area contributed by atoms with Crippen LogP contribution in [0.25, 0.3) is 0 Å². The van der Waals surface area contributed by atoms with Crippen LogP contribution in [-0.4, -0.2) is 60.9 Å². The number of anilines is 1. The fraction of sp³-hybridized carbons (Fsp3) is 0.400. The molecule has 2 heterocycles. The lowest BCUT2D eigenvalue weighted by Gasteiger charge is -2.34. The highest BCUT2D eigenvalue weighted by atomic mass is 35.5. The van der Waals surface area contributed by atoms with E-state index in [1.165, 1.54) is 0 Å². The predicted octanol–water partition coefficient (Wildman–Crippen LogP) is 2.84. The van der Waals surface area contributed by atoms with E-state index in [1.54, 1.807) is 23.5 Å². The number of thiophene rings is 1. The second kappa shape index (κ2) is 10.0. The van der Waals surface area contributed by atoms with Gasteiger partial charge in [0.05, 0.1) is 29.8 Å². The number of hydrogen-bond donors (Lipinski definition) is 2. The van der Waals surface area contributed by atoms with Crippen molar-refractivity contribution in [3.63, 3.8) is 0 Å². The monoisotopic (exact) mass is 420 g/mol. The summed E-state index contributed by atoms with van der Waals surface area (Å²) in [5.41, 5.74) is 0.629. The molecule has 1 aliphatic rings. The third-order valence-electron chi connectivity index (χ3n) is 4.69. The van der Waals surface area contributed by atoms with Crippen molar-refractivity contribution in [1.82, 2.24) is 15.1 Å². The van der Waals surface area contributed by atoms with Gasteiger partial charge in [0.2, 0.25) is 11.8 Å². The van der Waals surface area contributed by atoms with Gasteiger partial charge in [0.1, 0.15) is 0 Å². The maximum absolute atomic E-state index is 12.3. The molecule has 2 aromatic rings. The van der Waals surface area contributed by atoms with Gasteiger partial charge in [-0.05, 0) is 30.5 Å². The molecule has 0 bridgehead atoms. The average molecular weight is 421 g/mol. The Morgan fingerprint density at radius 1 is 1.04 bits per heavy atom. The van der Waals surface area contributed by atoms with Crippen molar-refractivity contribution in [2.24, 2.45) is 0 Å². The minimum atomic E-state index is -0.0796. The van der Waals surface area contributed by atoms with Crippen LogP contribution in [0.2, 0.25) is 5.02 Å². The van der Waals surface area contributed by atoms with E-state index in [4.69, 9.17) is 11.6 Å². The summed E-state index contributed by atoms with van der Waals surface area (Å²) in [6, 6.07) is 11.3. The molecule has 0 saturated carbocycles. The summed E-state index contributed by atoms with van der Waals surface area (Å²) in [6.45, 7) is 5.74. The van der Waals surface area contributed by atoms with Crippen LogP contribution in [0.5, 0.6) is 0 Å². The number of benzene rings is 1. The maximum Gasteiger partial charge on any atom is 0.238 e. The second-order valence-corrected chi connectivity index (χ2v) is 8.27. The molecule has 1 fully saturated rings. The van der Waals surface area contributed by atoms with Gasteiger partial charge in [-0.3, -0.25) is 19.4 Å². The summed E-state index contributed by atoms with van der Waals surface area (Å²) in [7, 11) is 0. The van der Waals surface area contributed by atoms with E-state index in [-0.39, 0.29) is 17.9 Å². The minimum Gasteiger partial charge on any atom is -0.348 e. The average Bonchev–Trinajstić information content (AvgIpc) is 3.20. The zero-order valence-electron chi connectivity index (χ0n) is 15.9. The lowest BCUT2D eigenvalue weighted by Crippen LogP contribution is -2.51. The first kappa shape index (κ1) is 20.8. The Morgan fingerprint density at radius 2 is 1.68 bits per heavy atom. The topological polar surface area (TPSA) is 64.7 Å². The van der Waals surface area contributed by atoms with Crippen molar-refractivity contribution in [2.45, 2.75) is 13.0 Å². The van der Waals surface area contributed by atoms with Crippen LogP contribution in [0.15, 0.2) is 41.8 Å². The van der Waals surface area contributed by atoms with Gasteiger partial charge >= 0.3 is 0 Å². The van der Waals surface area contributed by atoms with E-state index < -0.39 is 0 Å². The number of halogens is 1. The highest BCUT2D eigenvalue weighted by molar-refractivity contribution is 7.10. The van der Waals surface area contributed by atoms with E-state index >= 15 is 0 Å². The maximum atomic E-state index is 12.3. The second-order valence-electron chi connectivity index (χ2n) is 6.88. The molecule has 6 nitrogen and oxygen atoms in total. The fourth-order valence-electron chi connectivity index (χ4n) is 3.16. The van der Waals surface area contributed by atoms with Crippen molar-refractivity contribution < 1.29 is 9.59 Å². The third-order valence-corrected chi connectivity index (χ3v) is 6.08. The summed E-state index contributed by atoms with van der Waals surface area (Å²) < 4.78 is 0. The van der Waals surface area contributed by atoms with Crippen molar-refractivity contribution in [3.05, 3.63) is 51.7 Å². The zero-order chi connectivity index (χ0) is 19.9. The van der Waals surface area contributed by atoms with Crippen molar-refractivity contribution in [2.75, 3.05) is 44.6 Å². The zero-order valence-corrected chi connectivity index (χ0v) is 17.4. The molecule has 28 heavy (non-hydrogen) atoms. The van der Waals surface area contributed by atoms with Crippen LogP contribution in [0.3, 0.4) is 0 Å². The van der Waals surface area contributed by atoms with Crippen LogP contribution in [-0.2, 0) is 9.59 Å². The van der Waals surface area contributed by atoms with Gasteiger partial charge in [0.25, 0.3) is 0 Å². The van der Waals surface area contributed by atoms with E-state index in [9.17, 15) is 9.59 Å². The van der Waals surface area contributed by atoms with Gasteiger partial charge in [0, 0.05) is 31.1 Å². The van der Waals surface area contributed by atoms with Crippen molar-refractivity contribution in [3.8, 4) is 0 Å². The lowest BCUT2D eigenvalue weighted by molar-refractivity contribution is -0.124. The molecule has 2 amide bonds. The Balaban J connectivity index is 1.37. The summed E-state index contributed by atoms with van der Waals surface area (Å²) in [5.74, 6) is -0.0464. The summed E-state index contributed by atoms with van der Waals surface area (Å²) >= 11 is 7.72. The highest BCUT2D eigenvalue weighted by Gasteiger charge is 2.21. The molecule has 1 aromatic heterocycles. The molecular formula is C20H25ClN4O2S. The number of rotatable bonds is 7. The van der Waals surface area contributed by atoms with Crippen molar-refractivity contribution >= 4 is 40.4 Å². The quantitative estimate of drug-likeness (QED) is 0.722. The van der Waals surface area contributed by atoms with Gasteiger partial charge in [-0.25, -0.2) is 0 Å². The normalized spacial score (nSPS) is 16.5. The van der Waals surface area contributed by atoms with Gasteiger partial charge in [-0.15, -0.1) is 11.3 Å². The van der Waals surface area contributed by atoms with E-state index in [0.717, 1.165) is 31.1 Å². The van der Waals surface area contributed by atoms with E-state index in [2.05, 4.69) is 20.4 Å². The molecule has 1 aromatic carbocycles. The van der Waals surface area contributed by atoms with E-state index in [0.29, 0.717) is 23.8 Å². The van der Waals surface area contributed by atoms with Crippen LogP contribution < -0.4 is 10.6 Å². The first-order chi connectivity index (χ1) is 13.5. The molecule has 0 aliphatic carbocycles. The molecule has 8 heteroatoms. The number of hydrogen-bond acceptors (Lipinski definition) is 5. The first-order valence-electron chi connectivity index (χ1n) is 9.33. The number of piperazine rings is 1. The number of nitrogens with one attached hydrogen (secondary N) is 2. The highest BCUT2D eigenvalue weighted by Crippen LogP contribution is 2.20. The summed E-state index contributed by atoms with van der Waals surface area (Å²) in [4.78, 5) is 29.9. The Hall–Kier alpha value is -1.93. The Labute approximate surface area is 174 Å². The standard InChI is InChI=1S/C20H25ClN4O2S/c1-15(18-7-4-12-28-18)22-19(26)13-24-8-10-25(11-9-24)14-20(27)23-17-6-3-2-5-16(17)21/h2-7,12,15H,8-11,13-14H2,1H3,(H,22,26)(H,23,27)/t15-/m1/s1. The number of nitrogens with zero attached hydrogens (tertiary/aromatic N) is 2. The largest absolute Gasteiger partial charge is 0.348 e. The molecule has 2 N–H and O–H groups in total. The number of amides is 2. The Kier molecular flexibility index (Phi) is 7.44. The van der Waals surface area contributed by atoms with Gasteiger partial charge in [-0.2, -0.15) is 0 Å². The molecule has 3 rings (SSSR count). The summed E-state index contributed by atoms with van der Waals surface area (Å²) in [6.07, 6.45) is 0. The van der Waals surface area contributed by atoms with Crippen LogP contribution in [0.4, 0.5) is 5.69 Å². The molecule has 1 aliphatic heterocycles. The third kappa shape index (κ3) is 6.04. The Morgan fingerprint density at radius 3 is 2.29 bits per heavy atom. The number of carbonyl (C=O) groups excluding carboxylic acids is 2. The van der Waals surface area contributed by atoms with Crippen LogP contribution in [0, 0.1) is 0 Å². The fourth-order valence-corrected chi connectivity index (χ4v) is 4.08. The van der Waals surface area contributed by atoms with Crippen LogP contribution >= 0.6 is 22.9 Å². The minimum absolute atomic E-state index is 0.0299. The van der Waals surface area contributed by atoms with Gasteiger partial charge in [-0.1, -0.05) is 29.8 Å². The Bertz CT molecular complexity index is 791. The van der Waals surface area contributed by atoms with E-state index in [1.807, 2.05) is 36.6 Å². The lowest BCUT2D eigenvalue weighted by atomic mass is 10.2. The molecular weight excluding hydrogens is 396 g/mol. The number of carbonyl (C=O) groups is 2. The summed E-state index contributed by atoms with van der Waals surface area (Å²) in [5, 5.41) is 8.44. The molecule has 0 unspecified atom stereocenters. The number of para-hydroxylation sites is 1. The molecule has 150 valence electrons. The van der Waals surface area contributed by atoms with Gasteiger partial charge in [0.15, 0.2) is 0 Å². The predicted molar refractivity (Wildman–Crippen MR) is 114 cm³/mol. The van der Waals surface area contributed by atoms with Crippen LogP contribution in [0.1, 0.15) is 17.8 Å². The van der Waals surface area contributed by atoms with Gasteiger partial charge < -0.3 is 10.6 Å². The SMILES string of the molecule is C[C@@H](NC(=O)CN1CCN(CC(=O)Nc2ccccc2Cl)CC1)c1cccs1. The molecule has 0 radical (unpaired) electrons.